The first-order valence-electron chi connectivity index (χ1n) is 8.04. The van der Waals surface area contributed by atoms with Gasteiger partial charge in [-0.15, -0.1) is 0 Å². The molecule has 0 aromatic heterocycles. The highest BCUT2D eigenvalue weighted by Crippen LogP contribution is 2.34. The van der Waals surface area contributed by atoms with E-state index in [2.05, 4.69) is 0 Å². The molecule has 2 heterocycles. The smallest absolute Gasteiger partial charge is 0.414 e. The average Bonchev–Trinajstić information content (AvgIpc) is 2.55. The molecule has 7 nitrogen and oxygen atoms in total. The maximum Gasteiger partial charge on any atom is 0.414 e. The van der Waals surface area contributed by atoms with Gasteiger partial charge < -0.3 is 4.74 Å². The van der Waals surface area contributed by atoms with Gasteiger partial charge in [0.25, 0.3) is 10.2 Å². The number of amides is 1. The minimum absolute atomic E-state index is 0.0498. The molecule has 1 saturated heterocycles. The lowest BCUT2D eigenvalue weighted by atomic mass is 10.00. The number of carbonyl (C=O) groups excluding carboxylic acids is 1. The molecule has 24 heavy (non-hydrogen) atoms. The van der Waals surface area contributed by atoms with E-state index in [0.717, 1.165) is 16.8 Å². The molecule has 1 amide bonds. The molecule has 0 unspecified atom stereocenters. The van der Waals surface area contributed by atoms with Crippen LogP contribution in [0.25, 0.3) is 0 Å². The van der Waals surface area contributed by atoms with Crippen LogP contribution in [0.1, 0.15) is 24.0 Å². The number of para-hydroxylation sites is 1. The first-order valence-corrected chi connectivity index (χ1v) is 9.44. The molecule has 1 fully saturated rings. The first-order chi connectivity index (χ1) is 11.3. The number of piperidine rings is 1. The highest BCUT2D eigenvalue weighted by molar-refractivity contribution is 7.86. The van der Waals surface area contributed by atoms with Gasteiger partial charge in [0.15, 0.2) is 0 Å². The number of fused-ring (bicyclic) bond motifs is 1. The van der Waals surface area contributed by atoms with Gasteiger partial charge in [0.2, 0.25) is 0 Å². The molecular weight excluding hydrogens is 330 g/mol. The van der Waals surface area contributed by atoms with Crippen molar-refractivity contribution in [1.29, 1.82) is 0 Å². The second-order valence-corrected chi connectivity index (χ2v) is 8.57. The van der Waals surface area contributed by atoms with Crippen molar-refractivity contribution in [2.24, 2.45) is 0 Å². The average molecular weight is 353 g/mol. The summed E-state index contributed by atoms with van der Waals surface area (Å²) in [6.45, 7) is 3.07. The van der Waals surface area contributed by atoms with Crippen molar-refractivity contribution < 1.29 is 17.9 Å². The van der Waals surface area contributed by atoms with Gasteiger partial charge in [0.1, 0.15) is 6.61 Å². The van der Waals surface area contributed by atoms with Crippen LogP contribution in [0.4, 0.5) is 10.5 Å². The maximum atomic E-state index is 12.4. The van der Waals surface area contributed by atoms with Crippen LogP contribution in [0.15, 0.2) is 18.2 Å². The van der Waals surface area contributed by atoms with Gasteiger partial charge in [0, 0.05) is 38.8 Å². The topological polar surface area (TPSA) is 70.2 Å². The first kappa shape index (κ1) is 17.2. The molecule has 132 valence electrons. The lowest BCUT2D eigenvalue weighted by molar-refractivity contribution is 0.135. The molecule has 2 aliphatic heterocycles. The Labute approximate surface area is 143 Å². The number of nitrogens with zero attached hydrogens (tertiary/aromatic N) is 3. The summed E-state index contributed by atoms with van der Waals surface area (Å²) in [5.41, 5.74) is 2.95. The van der Waals surface area contributed by atoms with Crippen molar-refractivity contribution >= 4 is 22.0 Å². The third-order valence-electron chi connectivity index (χ3n) is 4.69. The van der Waals surface area contributed by atoms with E-state index in [1.807, 2.05) is 25.1 Å². The zero-order valence-corrected chi connectivity index (χ0v) is 15.0. The van der Waals surface area contributed by atoms with Crippen LogP contribution in [0.2, 0.25) is 0 Å². The second-order valence-electron chi connectivity index (χ2n) is 6.43. The number of benzene rings is 1. The van der Waals surface area contributed by atoms with Gasteiger partial charge in [-0.3, -0.25) is 4.90 Å². The van der Waals surface area contributed by atoms with E-state index >= 15 is 0 Å². The third-order valence-corrected chi connectivity index (χ3v) is 6.63. The third kappa shape index (κ3) is 2.89. The zero-order chi connectivity index (χ0) is 17.5. The van der Waals surface area contributed by atoms with Crippen LogP contribution >= 0.6 is 0 Å². The fourth-order valence-corrected chi connectivity index (χ4v) is 4.51. The number of carbonyl (C=O) groups is 1. The second kappa shape index (κ2) is 6.34. The fourth-order valence-electron chi connectivity index (χ4n) is 3.37. The monoisotopic (exact) mass is 353 g/mol. The summed E-state index contributed by atoms with van der Waals surface area (Å²) in [6.07, 6.45) is 0.844. The molecule has 1 aromatic rings. The SMILES string of the molecule is Cc1cccc2c1N(C1CCN(S(=O)(=O)N(C)C)CC1)C(=O)OC2. The van der Waals surface area contributed by atoms with Crippen molar-refractivity contribution in [3.05, 3.63) is 29.3 Å². The van der Waals surface area contributed by atoms with Crippen LogP contribution in [0.5, 0.6) is 0 Å². The number of cyclic esters (lactones) is 1. The molecule has 2 aliphatic rings. The summed E-state index contributed by atoms with van der Waals surface area (Å²) in [5, 5.41) is 0. The summed E-state index contributed by atoms with van der Waals surface area (Å²) >= 11 is 0. The number of ether oxygens (including phenoxy) is 1. The van der Waals surface area contributed by atoms with Crippen molar-refractivity contribution in [2.75, 3.05) is 32.1 Å². The normalized spacial score (nSPS) is 20.2. The highest BCUT2D eigenvalue weighted by Gasteiger charge is 2.37. The summed E-state index contributed by atoms with van der Waals surface area (Å²) in [6, 6.07) is 5.85. The molecule has 0 atom stereocenters. The van der Waals surface area contributed by atoms with Gasteiger partial charge in [0.05, 0.1) is 5.69 Å². The highest BCUT2D eigenvalue weighted by atomic mass is 32.2. The van der Waals surface area contributed by atoms with Crippen molar-refractivity contribution in [1.82, 2.24) is 8.61 Å². The Balaban J connectivity index is 1.82. The lowest BCUT2D eigenvalue weighted by Crippen LogP contribution is -2.52. The van der Waals surface area contributed by atoms with Gasteiger partial charge in [-0.25, -0.2) is 4.79 Å². The van der Waals surface area contributed by atoms with Crippen LogP contribution in [-0.4, -0.2) is 56.3 Å². The predicted molar refractivity (Wildman–Crippen MR) is 91.0 cm³/mol. The molecule has 0 aliphatic carbocycles. The zero-order valence-electron chi connectivity index (χ0n) is 14.2. The minimum atomic E-state index is -3.40. The standard InChI is InChI=1S/C16H23N3O4S/c1-12-5-4-6-13-11-23-16(20)19(15(12)13)14-7-9-18(10-8-14)24(21,22)17(2)3/h4-6,14H,7-11H2,1-3H3. The molecule has 8 heteroatoms. The molecule has 0 bridgehead atoms. The Kier molecular flexibility index (Phi) is 4.54. The van der Waals surface area contributed by atoms with E-state index in [1.54, 1.807) is 4.90 Å². The summed E-state index contributed by atoms with van der Waals surface area (Å²) in [4.78, 5) is 14.1. The van der Waals surface area contributed by atoms with Crippen molar-refractivity contribution in [3.63, 3.8) is 0 Å². The molecular formula is C16H23N3O4S. The van der Waals surface area contributed by atoms with Crippen LogP contribution in [0, 0.1) is 6.92 Å². The summed E-state index contributed by atoms with van der Waals surface area (Å²) in [7, 11) is -0.343. The van der Waals surface area contributed by atoms with E-state index in [1.165, 1.54) is 22.7 Å². The van der Waals surface area contributed by atoms with E-state index in [-0.39, 0.29) is 12.1 Å². The van der Waals surface area contributed by atoms with Gasteiger partial charge >= 0.3 is 6.09 Å². The molecule has 0 spiro atoms. The van der Waals surface area contributed by atoms with E-state index < -0.39 is 10.2 Å². The van der Waals surface area contributed by atoms with Gasteiger partial charge in [-0.1, -0.05) is 18.2 Å². The summed E-state index contributed by atoms with van der Waals surface area (Å²) < 4.78 is 32.5. The molecule has 0 N–H and O–H groups in total. The Morgan fingerprint density at radius 3 is 2.50 bits per heavy atom. The Morgan fingerprint density at radius 2 is 1.88 bits per heavy atom. The number of hydrogen-bond acceptors (Lipinski definition) is 4. The molecule has 3 rings (SSSR count). The lowest BCUT2D eigenvalue weighted by Gasteiger charge is -2.40. The number of hydrogen-bond donors (Lipinski definition) is 0. The maximum absolute atomic E-state index is 12.4. The van der Waals surface area contributed by atoms with Crippen LogP contribution in [-0.2, 0) is 21.6 Å². The Morgan fingerprint density at radius 1 is 1.21 bits per heavy atom. The predicted octanol–water partition coefficient (Wildman–Crippen LogP) is 1.72. The van der Waals surface area contributed by atoms with E-state index in [4.69, 9.17) is 4.74 Å². The van der Waals surface area contributed by atoms with Gasteiger partial charge in [-0.2, -0.15) is 17.0 Å². The van der Waals surface area contributed by atoms with E-state index in [9.17, 15) is 13.2 Å². The molecule has 0 radical (unpaired) electrons. The molecule has 0 saturated carbocycles. The fraction of sp³-hybridized carbons (Fsp3) is 0.562. The largest absolute Gasteiger partial charge is 0.444 e. The van der Waals surface area contributed by atoms with Crippen LogP contribution < -0.4 is 4.90 Å². The van der Waals surface area contributed by atoms with Crippen LogP contribution in [0.3, 0.4) is 0 Å². The number of anilines is 1. The van der Waals surface area contributed by atoms with Crippen molar-refractivity contribution in [3.8, 4) is 0 Å². The van der Waals surface area contributed by atoms with Gasteiger partial charge in [-0.05, 0) is 25.3 Å². The number of aryl methyl sites for hydroxylation is 1. The number of rotatable bonds is 3. The Bertz CT molecular complexity index is 740. The summed E-state index contributed by atoms with van der Waals surface area (Å²) in [5.74, 6) is 0. The minimum Gasteiger partial charge on any atom is -0.444 e. The quantitative estimate of drug-likeness (QED) is 0.830. The molecule has 1 aromatic carbocycles. The van der Waals surface area contributed by atoms with Crippen molar-refractivity contribution in [2.45, 2.75) is 32.4 Å². The Hall–Kier alpha value is -1.64. The van der Waals surface area contributed by atoms with E-state index in [0.29, 0.717) is 32.5 Å².